The highest BCUT2D eigenvalue weighted by Crippen LogP contribution is 2.25. The Balaban J connectivity index is 2.65. The minimum Gasteiger partial charge on any atom is -0.490 e. The van der Waals surface area contributed by atoms with Crippen molar-refractivity contribution in [3.63, 3.8) is 0 Å². The molecule has 0 aliphatic heterocycles. The van der Waals surface area contributed by atoms with Gasteiger partial charge in [-0.25, -0.2) is 4.39 Å². The molecule has 0 heterocycles. The zero-order chi connectivity index (χ0) is 11.4. The first-order valence-electron chi connectivity index (χ1n) is 4.13. The maximum absolute atomic E-state index is 12.8. The third-order valence-corrected chi connectivity index (χ3v) is 2.33. The normalized spacial score (nSPS) is 12.2. The number of hydrogen-bond donors (Lipinski definition) is 2. The number of rotatable bonds is 4. The van der Waals surface area contributed by atoms with E-state index in [0.29, 0.717) is 4.47 Å². The molecule has 0 spiro atoms. The summed E-state index contributed by atoms with van der Waals surface area (Å²) in [6, 6.07) is 3.07. The molecule has 1 rings (SSSR count). The van der Waals surface area contributed by atoms with Crippen LogP contribution in [0.5, 0.6) is 5.75 Å². The summed E-state index contributed by atoms with van der Waals surface area (Å²) in [4.78, 5) is 10.6. The van der Waals surface area contributed by atoms with E-state index in [2.05, 4.69) is 15.9 Å². The Morgan fingerprint density at radius 3 is 2.87 bits per heavy atom. The van der Waals surface area contributed by atoms with Crippen molar-refractivity contribution < 1.29 is 13.9 Å². The van der Waals surface area contributed by atoms with Crippen molar-refractivity contribution in [2.24, 2.45) is 11.5 Å². The van der Waals surface area contributed by atoms with Crippen molar-refractivity contribution in [3.8, 4) is 5.75 Å². The van der Waals surface area contributed by atoms with Crippen LogP contribution in [-0.2, 0) is 4.79 Å². The number of halogens is 2. The second-order valence-electron chi connectivity index (χ2n) is 2.89. The Hall–Kier alpha value is -1.14. The van der Waals surface area contributed by atoms with Crippen molar-refractivity contribution in [2.75, 3.05) is 6.61 Å². The summed E-state index contributed by atoms with van der Waals surface area (Å²) in [5, 5.41) is 0. The van der Waals surface area contributed by atoms with Gasteiger partial charge in [-0.2, -0.15) is 0 Å². The molecule has 1 aromatic rings. The number of ether oxygens (including phenoxy) is 1. The third-order valence-electron chi connectivity index (χ3n) is 1.68. The van der Waals surface area contributed by atoms with Crippen LogP contribution in [0.2, 0.25) is 0 Å². The van der Waals surface area contributed by atoms with E-state index in [4.69, 9.17) is 16.2 Å². The van der Waals surface area contributed by atoms with E-state index in [-0.39, 0.29) is 12.4 Å². The third kappa shape index (κ3) is 3.49. The second-order valence-corrected chi connectivity index (χ2v) is 3.75. The molecule has 0 saturated heterocycles. The minimum absolute atomic E-state index is 0.0859. The molecule has 1 unspecified atom stereocenters. The van der Waals surface area contributed by atoms with Gasteiger partial charge in [0.15, 0.2) is 0 Å². The van der Waals surface area contributed by atoms with Crippen molar-refractivity contribution >= 4 is 21.8 Å². The van der Waals surface area contributed by atoms with Crippen LogP contribution < -0.4 is 16.2 Å². The van der Waals surface area contributed by atoms with Gasteiger partial charge in [-0.3, -0.25) is 4.79 Å². The van der Waals surface area contributed by atoms with Gasteiger partial charge in [-0.1, -0.05) is 0 Å². The van der Waals surface area contributed by atoms with Crippen LogP contribution >= 0.6 is 15.9 Å². The molecule has 0 radical (unpaired) electrons. The summed E-state index contributed by atoms with van der Waals surface area (Å²) < 4.78 is 18.5. The fraction of sp³-hybridized carbons (Fsp3) is 0.222. The highest BCUT2D eigenvalue weighted by Gasteiger charge is 2.11. The molecule has 1 atom stereocenters. The summed E-state index contributed by atoms with van der Waals surface area (Å²) in [6.45, 7) is -0.0859. The molecule has 6 heteroatoms. The Labute approximate surface area is 94.5 Å². The molecule has 82 valence electrons. The maximum atomic E-state index is 12.8. The van der Waals surface area contributed by atoms with Crippen molar-refractivity contribution in [3.05, 3.63) is 28.5 Å². The number of carbonyl (C=O) groups excluding carboxylic acids is 1. The molecule has 0 aliphatic carbocycles. The van der Waals surface area contributed by atoms with Crippen molar-refractivity contribution in [1.82, 2.24) is 0 Å². The van der Waals surface area contributed by atoms with E-state index < -0.39 is 17.8 Å². The number of nitrogens with two attached hydrogens (primary N) is 2. The predicted octanol–water partition coefficient (Wildman–Crippen LogP) is 0.780. The highest BCUT2D eigenvalue weighted by atomic mass is 79.9. The monoisotopic (exact) mass is 276 g/mol. The molecular formula is C9H10BrFN2O2. The van der Waals surface area contributed by atoms with Gasteiger partial charge in [-0.15, -0.1) is 0 Å². The van der Waals surface area contributed by atoms with Gasteiger partial charge in [0.25, 0.3) is 0 Å². The smallest absolute Gasteiger partial charge is 0.237 e. The first-order valence-corrected chi connectivity index (χ1v) is 4.92. The number of benzene rings is 1. The molecule has 0 bridgehead atoms. The molecule has 4 nitrogen and oxygen atoms in total. The summed E-state index contributed by atoms with van der Waals surface area (Å²) in [5.74, 6) is -0.810. The Morgan fingerprint density at radius 2 is 2.27 bits per heavy atom. The maximum Gasteiger partial charge on any atom is 0.237 e. The fourth-order valence-corrected chi connectivity index (χ4v) is 1.21. The van der Waals surface area contributed by atoms with Crippen LogP contribution in [-0.4, -0.2) is 18.6 Å². The molecular weight excluding hydrogens is 267 g/mol. The van der Waals surface area contributed by atoms with Crippen LogP contribution in [0.25, 0.3) is 0 Å². The average Bonchev–Trinajstić information content (AvgIpc) is 2.18. The zero-order valence-electron chi connectivity index (χ0n) is 7.74. The highest BCUT2D eigenvalue weighted by molar-refractivity contribution is 9.10. The van der Waals surface area contributed by atoms with Crippen molar-refractivity contribution in [1.29, 1.82) is 0 Å². The molecule has 0 aliphatic rings. The second kappa shape index (κ2) is 5.09. The largest absolute Gasteiger partial charge is 0.490 e. The molecule has 15 heavy (non-hydrogen) atoms. The van der Waals surface area contributed by atoms with E-state index in [1.807, 2.05) is 0 Å². The first kappa shape index (κ1) is 11.9. The minimum atomic E-state index is -0.903. The van der Waals surface area contributed by atoms with E-state index >= 15 is 0 Å². The molecule has 1 aromatic carbocycles. The van der Waals surface area contributed by atoms with Gasteiger partial charge in [0.05, 0.1) is 4.47 Å². The van der Waals surface area contributed by atoms with Gasteiger partial charge in [0.1, 0.15) is 24.2 Å². The number of carbonyl (C=O) groups is 1. The first-order chi connectivity index (χ1) is 7.00. The van der Waals surface area contributed by atoms with E-state index in [0.717, 1.165) is 0 Å². The van der Waals surface area contributed by atoms with Gasteiger partial charge in [0.2, 0.25) is 5.91 Å². The van der Waals surface area contributed by atoms with E-state index in [1.54, 1.807) is 0 Å². The lowest BCUT2D eigenvalue weighted by Gasteiger charge is -2.11. The number of amides is 1. The molecule has 0 aromatic heterocycles. The van der Waals surface area contributed by atoms with Gasteiger partial charge < -0.3 is 16.2 Å². The lowest BCUT2D eigenvalue weighted by molar-refractivity contribution is -0.119. The van der Waals surface area contributed by atoms with E-state index in [9.17, 15) is 9.18 Å². The Morgan fingerprint density at radius 1 is 1.60 bits per heavy atom. The van der Waals surface area contributed by atoms with E-state index in [1.165, 1.54) is 18.2 Å². The quantitative estimate of drug-likeness (QED) is 0.853. The standard InChI is InChI=1S/C9H10BrFN2O2/c10-6-2-1-5(11)3-8(6)15-4-7(12)9(13)14/h1-3,7H,4,12H2,(H2,13,14). The van der Waals surface area contributed by atoms with Crippen molar-refractivity contribution in [2.45, 2.75) is 6.04 Å². The lowest BCUT2D eigenvalue weighted by Crippen LogP contribution is -2.41. The number of primary amides is 1. The Kier molecular flexibility index (Phi) is 4.05. The molecule has 4 N–H and O–H groups in total. The number of hydrogen-bond acceptors (Lipinski definition) is 3. The summed E-state index contributed by atoms with van der Waals surface area (Å²) in [5.41, 5.74) is 10.3. The predicted molar refractivity (Wildman–Crippen MR) is 56.8 cm³/mol. The van der Waals surface area contributed by atoms with Gasteiger partial charge in [-0.05, 0) is 28.1 Å². The SMILES string of the molecule is NC(=O)C(N)COc1cc(F)ccc1Br. The Bertz CT molecular complexity index is 373. The molecule has 1 amide bonds. The van der Waals surface area contributed by atoms with Gasteiger partial charge in [0, 0.05) is 6.07 Å². The zero-order valence-corrected chi connectivity index (χ0v) is 9.33. The van der Waals surface area contributed by atoms with Crippen LogP contribution in [0.3, 0.4) is 0 Å². The fourth-order valence-electron chi connectivity index (χ4n) is 0.850. The topological polar surface area (TPSA) is 78.3 Å². The summed E-state index contributed by atoms with van der Waals surface area (Å²) in [6.07, 6.45) is 0. The lowest BCUT2D eigenvalue weighted by atomic mass is 10.3. The van der Waals surface area contributed by atoms with Gasteiger partial charge >= 0.3 is 0 Å². The van der Waals surface area contributed by atoms with Crippen LogP contribution in [0, 0.1) is 5.82 Å². The van der Waals surface area contributed by atoms with Crippen LogP contribution in [0.15, 0.2) is 22.7 Å². The molecule has 0 fully saturated rings. The van der Waals surface area contributed by atoms with Crippen LogP contribution in [0.4, 0.5) is 4.39 Å². The summed E-state index contributed by atoms with van der Waals surface area (Å²) in [7, 11) is 0. The van der Waals surface area contributed by atoms with Crippen LogP contribution in [0.1, 0.15) is 0 Å². The molecule has 0 saturated carbocycles. The average molecular weight is 277 g/mol. The summed E-state index contributed by atoms with van der Waals surface area (Å²) >= 11 is 3.17.